The second-order valence-corrected chi connectivity index (χ2v) is 2.69. The van der Waals surface area contributed by atoms with Gasteiger partial charge >= 0.3 is 0 Å². The summed E-state index contributed by atoms with van der Waals surface area (Å²) < 4.78 is 10.2. The summed E-state index contributed by atoms with van der Waals surface area (Å²) in [6.07, 6.45) is 1.69. The lowest BCUT2D eigenvalue weighted by Crippen LogP contribution is -2.45. The van der Waals surface area contributed by atoms with Crippen molar-refractivity contribution < 1.29 is 9.15 Å². The number of hydrogen-bond donors (Lipinski definition) is 1. The van der Waals surface area contributed by atoms with Gasteiger partial charge in [0.15, 0.2) is 0 Å². The second kappa shape index (κ2) is 3.07. The van der Waals surface area contributed by atoms with Crippen LogP contribution in [0.15, 0.2) is 22.8 Å². The minimum absolute atomic E-state index is 0.528. The summed E-state index contributed by atoms with van der Waals surface area (Å²) >= 11 is 0. The summed E-state index contributed by atoms with van der Waals surface area (Å²) in [7, 11) is 0. The largest absolute Gasteiger partial charge is 0.468 e. The Hall–Kier alpha value is -0.800. The van der Waals surface area contributed by atoms with E-state index in [1.165, 1.54) is 0 Å². The minimum atomic E-state index is 0.528. The molecule has 1 aliphatic rings. The van der Waals surface area contributed by atoms with Crippen LogP contribution in [0.1, 0.15) is 5.76 Å². The molecular weight excluding hydrogens is 142 g/mol. The molecule has 1 saturated heterocycles. The fraction of sp³-hybridized carbons (Fsp3) is 0.500. The maximum Gasteiger partial charge on any atom is 0.117 e. The van der Waals surface area contributed by atoms with E-state index >= 15 is 0 Å². The van der Waals surface area contributed by atoms with E-state index in [0.717, 1.165) is 25.5 Å². The molecule has 0 atom stereocenters. The highest BCUT2D eigenvalue weighted by atomic mass is 16.5. The molecule has 1 aromatic heterocycles. The van der Waals surface area contributed by atoms with Gasteiger partial charge in [0.05, 0.1) is 32.1 Å². The highest BCUT2D eigenvalue weighted by Gasteiger charge is 2.17. The predicted octanol–water partition coefficient (Wildman–Crippen LogP) is 0.768. The summed E-state index contributed by atoms with van der Waals surface area (Å²) in [4.78, 5) is 0. The molecule has 0 unspecified atom stereocenters. The van der Waals surface area contributed by atoms with Gasteiger partial charge in [0, 0.05) is 0 Å². The Morgan fingerprint density at radius 2 is 2.45 bits per heavy atom. The van der Waals surface area contributed by atoms with Crippen LogP contribution in [0.25, 0.3) is 0 Å². The molecule has 0 spiro atoms. The van der Waals surface area contributed by atoms with Crippen molar-refractivity contribution in [3.63, 3.8) is 0 Å². The van der Waals surface area contributed by atoms with Crippen LogP contribution in [0.4, 0.5) is 0 Å². The van der Waals surface area contributed by atoms with Crippen LogP contribution in [-0.4, -0.2) is 19.3 Å². The summed E-state index contributed by atoms with van der Waals surface area (Å²) in [5, 5.41) is 3.30. The predicted molar refractivity (Wildman–Crippen MR) is 40.2 cm³/mol. The van der Waals surface area contributed by atoms with E-state index in [9.17, 15) is 0 Å². The van der Waals surface area contributed by atoms with Gasteiger partial charge in [-0.3, -0.25) is 0 Å². The van der Waals surface area contributed by atoms with Crippen molar-refractivity contribution >= 4 is 0 Å². The third-order valence-corrected chi connectivity index (χ3v) is 1.78. The van der Waals surface area contributed by atoms with Gasteiger partial charge in [-0.2, -0.15) is 0 Å². The molecule has 0 bridgehead atoms. The maximum absolute atomic E-state index is 5.15. The first kappa shape index (κ1) is 6.88. The van der Waals surface area contributed by atoms with E-state index in [4.69, 9.17) is 9.15 Å². The zero-order valence-corrected chi connectivity index (χ0v) is 6.25. The van der Waals surface area contributed by atoms with Gasteiger partial charge in [0.2, 0.25) is 0 Å². The number of nitrogens with one attached hydrogen (secondary N) is 1. The molecule has 1 fully saturated rings. The zero-order chi connectivity index (χ0) is 7.52. The molecule has 2 rings (SSSR count). The molecule has 1 N–H and O–H groups in total. The molecular formula is C8H11NO2. The van der Waals surface area contributed by atoms with E-state index in [0.29, 0.717) is 6.04 Å². The molecule has 0 radical (unpaired) electrons. The Bertz CT molecular complexity index is 204. The number of rotatable bonds is 3. The van der Waals surface area contributed by atoms with E-state index in [2.05, 4.69) is 5.32 Å². The van der Waals surface area contributed by atoms with Crippen molar-refractivity contribution in [1.29, 1.82) is 0 Å². The Balaban J connectivity index is 1.74. The van der Waals surface area contributed by atoms with Crippen molar-refractivity contribution in [3.8, 4) is 0 Å². The number of hydrogen-bond acceptors (Lipinski definition) is 3. The highest BCUT2D eigenvalue weighted by molar-refractivity contribution is 4.98. The standard InChI is InChI=1S/C8H11NO2/c1-2-8(11-3-1)4-9-7-5-10-6-7/h1-3,7,9H,4-6H2. The number of ether oxygens (including phenoxy) is 1. The molecule has 3 heteroatoms. The first-order valence-corrected chi connectivity index (χ1v) is 3.78. The second-order valence-electron chi connectivity index (χ2n) is 2.69. The number of furan rings is 1. The fourth-order valence-electron chi connectivity index (χ4n) is 1.01. The maximum atomic E-state index is 5.15. The van der Waals surface area contributed by atoms with Gasteiger partial charge in [0.25, 0.3) is 0 Å². The Kier molecular flexibility index (Phi) is 1.92. The van der Waals surface area contributed by atoms with Crippen LogP contribution >= 0.6 is 0 Å². The summed E-state index contributed by atoms with van der Waals surface area (Å²) in [6, 6.07) is 4.39. The first-order chi connectivity index (χ1) is 5.45. The fourth-order valence-corrected chi connectivity index (χ4v) is 1.01. The van der Waals surface area contributed by atoms with E-state index in [1.807, 2.05) is 12.1 Å². The lowest BCUT2D eigenvalue weighted by atomic mass is 10.2. The van der Waals surface area contributed by atoms with Crippen LogP contribution in [0, 0.1) is 0 Å². The van der Waals surface area contributed by atoms with Crippen LogP contribution in [0.5, 0.6) is 0 Å². The third-order valence-electron chi connectivity index (χ3n) is 1.78. The lowest BCUT2D eigenvalue weighted by molar-refractivity contribution is -0.00641. The normalized spacial score (nSPS) is 18.2. The van der Waals surface area contributed by atoms with Crippen LogP contribution < -0.4 is 5.32 Å². The monoisotopic (exact) mass is 153 g/mol. The van der Waals surface area contributed by atoms with Gasteiger partial charge in [-0.25, -0.2) is 0 Å². The molecule has 60 valence electrons. The molecule has 0 aromatic carbocycles. The highest BCUT2D eigenvalue weighted by Crippen LogP contribution is 2.03. The molecule has 2 heterocycles. The SMILES string of the molecule is c1coc(CNC2COC2)c1. The van der Waals surface area contributed by atoms with Crippen molar-refractivity contribution in [2.24, 2.45) is 0 Å². The van der Waals surface area contributed by atoms with E-state index in [1.54, 1.807) is 6.26 Å². The van der Waals surface area contributed by atoms with Gasteiger partial charge < -0.3 is 14.5 Å². The smallest absolute Gasteiger partial charge is 0.117 e. The molecule has 0 amide bonds. The minimum Gasteiger partial charge on any atom is -0.468 e. The first-order valence-electron chi connectivity index (χ1n) is 3.78. The Morgan fingerprint density at radius 3 is 3.00 bits per heavy atom. The summed E-state index contributed by atoms with van der Waals surface area (Å²) in [5.74, 6) is 0.983. The van der Waals surface area contributed by atoms with Crippen molar-refractivity contribution in [2.75, 3.05) is 13.2 Å². The average molecular weight is 153 g/mol. The van der Waals surface area contributed by atoms with Crippen LogP contribution in [0.3, 0.4) is 0 Å². The Labute approximate surface area is 65.3 Å². The zero-order valence-electron chi connectivity index (χ0n) is 6.25. The molecule has 1 aliphatic heterocycles. The quantitative estimate of drug-likeness (QED) is 0.696. The summed E-state index contributed by atoms with van der Waals surface area (Å²) in [5.41, 5.74) is 0. The van der Waals surface area contributed by atoms with Crippen molar-refractivity contribution in [2.45, 2.75) is 12.6 Å². The molecule has 0 aliphatic carbocycles. The molecule has 11 heavy (non-hydrogen) atoms. The van der Waals surface area contributed by atoms with Crippen molar-refractivity contribution in [3.05, 3.63) is 24.2 Å². The average Bonchev–Trinajstić information content (AvgIpc) is 2.36. The Morgan fingerprint density at radius 1 is 1.55 bits per heavy atom. The van der Waals surface area contributed by atoms with E-state index < -0.39 is 0 Å². The topological polar surface area (TPSA) is 34.4 Å². The van der Waals surface area contributed by atoms with Crippen LogP contribution in [0.2, 0.25) is 0 Å². The van der Waals surface area contributed by atoms with Gasteiger partial charge in [-0.05, 0) is 12.1 Å². The van der Waals surface area contributed by atoms with E-state index in [-0.39, 0.29) is 0 Å². The molecule has 0 saturated carbocycles. The third kappa shape index (κ3) is 1.61. The van der Waals surface area contributed by atoms with Crippen molar-refractivity contribution in [1.82, 2.24) is 5.32 Å². The molecule has 1 aromatic rings. The van der Waals surface area contributed by atoms with Gasteiger partial charge in [-0.1, -0.05) is 0 Å². The van der Waals surface area contributed by atoms with Gasteiger partial charge in [-0.15, -0.1) is 0 Å². The van der Waals surface area contributed by atoms with Gasteiger partial charge in [0.1, 0.15) is 5.76 Å². The van der Waals surface area contributed by atoms with Crippen LogP contribution in [-0.2, 0) is 11.3 Å². The lowest BCUT2D eigenvalue weighted by Gasteiger charge is -2.26. The summed E-state index contributed by atoms with van der Waals surface area (Å²) in [6.45, 7) is 2.47. The molecule has 3 nitrogen and oxygen atoms in total.